The lowest BCUT2D eigenvalue weighted by Gasteiger charge is -2.44. The Kier molecular flexibility index (Phi) is 6.03. The zero-order chi connectivity index (χ0) is 27.4. The van der Waals surface area contributed by atoms with Crippen molar-refractivity contribution in [2.75, 3.05) is 13.1 Å². The zero-order valence-electron chi connectivity index (χ0n) is 21.4. The van der Waals surface area contributed by atoms with Gasteiger partial charge in [-0.1, -0.05) is 11.6 Å². The third-order valence-corrected chi connectivity index (χ3v) is 9.05. The van der Waals surface area contributed by atoms with Crippen LogP contribution in [0.15, 0.2) is 71.7 Å². The maximum absolute atomic E-state index is 14.2. The highest BCUT2D eigenvalue weighted by atomic mass is 32.2. The molecule has 4 heterocycles. The summed E-state index contributed by atoms with van der Waals surface area (Å²) in [5.41, 5.74) is 2.17. The molecule has 1 saturated heterocycles. The normalized spacial score (nSPS) is 19.4. The summed E-state index contributed by atoms with van der Waals surface area (Å²) in [4.78, 5) is 19.8. The molecular formula is C27H26FN7O3S. The second kappa shape index (κ2) is 9.31. The number of sulfonamides is 1. The van der Waals surface area contributed by atoms with Crippen LogP contribution in [0.3, 0.4) is 0 Å². The Morgan fingerprint density at radius 1 is 1.08 bits per heavy atom. The summed E-state index contributed by atoms with van der Waals surface area (Å²) in [6, 6.07) is 11.0. The van der Waals surface area contributed by atoms with Crippen molar-refractivity contribution in [1.29, 1.82) is 0 Å². The van der Waals surface area contributed by atoms with E-state index >= 15 is 0 Å². The topological polar surface area (TPSA) is 116 Å². The average Bonchev–Trinajstić information content (AvgIpc) is 3.60. The van der Waals surface area contributed by atoms with Crippen molar-refractivity contribution in [2.45, 2.75) is 37.8 Å². The van der Waals surface area contributed by atoms with Crippen molar-refractivity contribution in [3.05, 3.63) is 89.4 Å². The summed E-state index contributed by atoms with van der Waals surface area (Å²) >= 11 is 0. The van der Waals surface area contributed by atoms with Crippen LogP contribution in [0.2, 0.25) is 0 Å². The highest BCUT2D eigenvalue weighted by Crippen LogP contribution is 2.47. The first-order valence-corrected chi connectivity index (χ1v) is 14.0. The molecule has 0 unspecified atom stereocenters. The first-order chi connectivity index (χ1) is 18.7. The van der Waals surface area contributed by atoms with Crippen LogP contribution in [0.4, 0.5) is 4.39 Å². The number of nitrogens with zero attached hydrogens (tertiary/aromatic N) is 7. The number of hydrogen-bond donors (Lipinski definition) is 0. The summed E-state index contributed by atoms with van der Waals surface area (Å²) in [5, 5.41) is 12.7. The molecular weight excluding hydrogens is 521 g/mol. The van der Waals surface area contributed by atoms with E-state index in [4.69, 9.17) is 0 Å². The Labute approximate surface area is 224 Å². The van der Waals surface area contributed by atoms with Gasteiger partial charge in [0.2, 0.25) is 5.03 Å². The van der Waals surface area contributed by atoms with Crippen molar-refractivity contribution in [2.24, 2.45) is 5.41 Å². The third-order valence-electron chi connectivity index (χ3n) is 7.34. The van der Waals surface area contributed by atoms with Crippen LogP contribution in [-0.2, 0) is 16.4 Å². The largest absolute Gasteiger partial charge is 0.291 e. The van der Waals surface area contributed by atoms with Crippen LogP contribution in [0.5, 0.6) is 0 Å². The van der Waals surface area contributed by atoms with Gasteiger partial charge >= 0.3 is 0 Å². The first kappa shape index (κ1) is 25.3. The van der Waals surface area contributed by atoms with Crippen LogP contribution in [0, 0.1) is 11.2 Å². The van der Waals surface area contributed by atoms with Gasteiger partial charge < -0.3 is 0 Å². The van der Waals surface area contributed by atoms with E-state index in [1.54, 1.807) is 47.4 Å². The fourth-order valence-corrected chi connectivity index (χ4v) is 6.67. The Hall–Kier alpha value is -4.03. The second-order valence-corrected chi connectivity index (χ2v) is 12.0. The van der Waals surface area contributed by atoms with Gasteiger partial charge in [-0.2, -0.15) is 19.3 Å². The maximum atomic E-state index is 14.2. The molecule has 0 radical (unpaired) electrons. The number of halogens is 1. The third kappa shape index (κ3) is 4.20. The highest BCUT2D eigenvalue weighted by Gasteiger charge is 2.51. The van der Waals surface area contributed by atoms with Gasteiger partial charge in [-0.3, -0.25) is 9.78 Å². The van der Waals surface area contributed by atoms with E-state index in [1.807, 2.05) is 19.9 Å². The summed E-state index contributed by atoms with van der Waals surface area (Å²) < 4.78 is 43.9. The van der Waals surface area contributed by atoms with Gasteiger partial charge in [-0.25, -0.2) is 17.5 Å². The zero-order valence-corrected chi connectivity index (χ0v) is 22.2. The Morgan fingerprint density at radius 3 is 2.56 bits per heavy atom. The number of piperidine rings is 1. The number of benzene rings is 1. The number of pyridine rings is 1. The molecule has 1 aromatic carbocycles. The lowest BCUT2D eigenvalue weighted by Crippen LogP contribution is -2.53. The minimum absolute atomic E-state index is 0.0632. The van der Waals surface area contributed by atoms with Gasteiger partial charge in [0.1, 0.15) is 11.5 Å². The van der Waals surface area contributed by atoms with Gasteiger partial charge in [0.25, 0.3) is 10.0 Å². The van der Waals surface area contributed by atoms with Gasteiger partial charge in [0.15, 0.2) is 5.78 Å². The van der Waals surface area contributed by atoms with Crippen molar-refractivity contribution in [3.8, 4) is 5.69 Å². The monoisotopic (exact) mass is 547 g/mol. The number of carbonyl (C=O) groups is 1. The van der Waals surface area contributed by atoms with E-state index in [1.165, 1.54) is 27.4 Å². The lowest BCUT2D eigenvalue weighted by molar-refractivity contribution is 0.0770. The van der Waals surface area contributed by atoms with Gasteiger partial charge in [0.05, 0.1) is 35.2 Å². The summed E-state index contributed by atoms with van der Waals surface area (Å²) in [6.45, 7) is 3.84. The van der Waals surface area contributed by atoms with E-state index < -0.39 is 15.4 Å². The molecule has 4 aromatic rings. The Balaban J connectivity index is 1.43. The number of Topliss-reactive ketones (excluding diaryl/α,β-unsaturated/α-hetero) is 1. The Morgan fingerprint density at radius 2 is 1.87 bits per heavy atom. The van der Waals surface area contributed by atoms with Crippen LogP contribution >= 0.6 is 0 Å². The van der Waals surface area contributed by atoms with Crippen LogP contribution in [-0.4, -0.2) is 61.4 Å². The Bertz CT molecular complexity index is 1690. The molecule has 0 N–H and O–H groups in total. The van der Waals surface area contributed by atoms with Crippen molar-refractivity contribution >= 4 is 21.9 Å². The number of aromatic nitrogens is 6. The maximum Gasteiger partial charge on any atom is 0.264 e. The van der Waals surface area contributed by atoms with Gasteiger partial charge in [-0.05, 0) is 74.7 Å². The first-order valence-electron chi connectivity index (χ1n) is 12.6. The molecule has 0 spiro atoms. The predicted molar refractivity (Wildman–Crippen MR) is 140 cm³/mol. The van der Waals surface area contributed by atoms with Crippen LogP contribution < -0.4 is 0 Å². The number of rotatable bonds is 6. The lowest BCUT2D eigenvalue weighted by atomic mass is 9.65. The van der Waals surface area contributed by atoms with E-state index in [9.17, 15) is 17.6 Å². The molecule has 0 bridgehead atoms. The average molecular weight is 548 g/mol. The molecule has 0 amide bonds. The molecule has 0 saturated carbocycles. The molecule has 12 heteroatoms. The molecule has 200 valence electrons. The van der Waals surface area contributed by atoms with E-state index in [2.05, 4.69) is 20.3 Å². The molecule has 1 fully saturated rings. The SMILES string of the molecule is CC(C)n1ncc(S(=O)(=O)N2CCC3=Cc4c(cnn4-c4ccc(F)cc4)C[C@]3(C(=O)c3ccccn3)C2)n1. The minimum atomic E-state index is -4.02. The molecule has 10 nitrogen and oxygen atoms in total. The standard InChI is InChI=1S/C27H26FN7O3S/c1-18(2)35-31-16-25(32-35)39(37,38)33-12-10-20-13-24-19(15-30-34(24)22-8-6-21(28)7-9-22)14-27(20,17-33)26(36)23-5-3-4-11-29-23/h3-9,11,13,15-16,18H,10,12,14,17H2,1-2H3/t27-/m0/s1. The predicted octanol–water partition coefficient (Wildman–Crippen LogP) is 3.48. The van der Waals surface area contributed by atoms with E-state index in [0.717, 1.165) is 16.8 Å². The molecule has 1 aliphatic carbocycles. The van der Waals surface area contributed by atoms with Crippen LogP contribution in [0.1, 0.15) is 48.1 Å². The summed E-state index contributed by atoms with van der Waals surface area (Å²) in [7, 11) is -4.02. The molecule has 2 aliphatic rings. The smallest absolute Gasteiger partial charge is 0.264 e. The molecule has 39 heavy (non-hydrogen) atoms. The number of fused-ring (bicyclic) bond motifs is 2. The molecule has 3 aromatic heterocycles. The molecule has 1 aliphatic heterocycles. The number of ketones is 1. The fraction of sp³-hybridized carbons (Fsp3) is 0.296. The van der Waals surface area contributed by atoms with Crippen molar-refractivity contribution in [1.82, 2.24) is 34.1 Å². The highest BCUT2D eigenvalue weighted by molar-refractivity contribution is 7.89. The van der Waals surface area contributed by atoms with E-state index in [-0.39, 0.29) is 47.9 Å². The van der Waals surface area contributed by atoms with E-state index in [0.29, 0.717) is 12.1 Å². The van der Waals surface area contributed by atoms with Crippen LogP contribution in [0.25, 0.3) is 11.8 Å². The van der Waals surface area contributed by atoms with Crippen molar-refractivity contribution in [3.63, 3.8) is 0 Å². The summed E-state index contributed by atoms with van der Waals surface area (Å²) in [6.07, 6.45) is 6.99. The fourth-order valence-electron chi connectivity index (χ4n) is 5.31. The second-order valence-electron chi connectivity index (χ2n) is 10.1. The number of carbonyl (C=O) groups excluding carboxylic acids is 1. The minimum Gasteiger partial charge on any atom is -0.291 e. The quantitative estimate of drug-likeness (QED) is 0.339. The molecule has 1 atom stereocenters. The van der Waals surface area contributed by atoms with Gasteiger partial charge in [-0.15, -0.1) is 5.10 Å². The van der Waals surface area contributed by atoms with Crippen molar-refractivity contribution < 1.29 is 17.6 Å². The van der Waals surface area contributed by atoms with Gasteiger partial charge in [0, 0.05) is 19.3 Å². The number of hydrogen-bond acceptors (Lipinski definition) is 7. The molecule has 6 rings (SSSR count). The summed E-state index contributed by atoms with van der Waals surface area (Å²) in [5.74, 6) is -0.597.